The second-order valence-electron chi connectivity index (χ2n) is 4.15. The molecule has 0 fully saturated rings. The van der Waals surface area contributed by atoms with Gasteiger partial charge in [-0.1, -0.05) is 11.6 Å². The fourth-order valence-electron chi connectivity index (χ4n) is 1.92. The molecule has 0 spiro atoms. The summed E-state index contributed by atoms with van der Waals surface area (Å²) in [6.07, 6.45) is 1.69. The molecule has 4 heteroatoms. The number of pyridine rings is 1. The van der Waals surface area contributed by atoms with Gasteiger partial charge in [0.15, 0.2) is 0 Å². The topological polar surface area (TPSA) is 24.9 Å². The van der Waals surface area contributed by atoms with Gasteiger partial charge in [0.05, 0.1) is 5.52 Å². The average molecular weight is 273 g/mol. The van der Waals surface area contributed by atoms with Crippen LogP contribution in [-0.2, 0) is 0 Å². The standard InChI is InChI=1S/C15H10ClFN2/c16-10-1-4-12(5-2-10)19-15-7-8-18-14-6-3-11(17)9-13(14)15/h1-9H,(H,18,19). The third kappa shape index (κ3) is 2.51. The molecule has 0 aliphatic heterocycles. The predicted octanol–water partition coefficient (Wildman–Crippen LogP) is 4.77. The van der Waals surface area contributed by atoms with E-state index in [0.717, 1.165) is 22.3 Å². The van der Waals surface area contributed by atoms with Gasteiger partial charge in [-0.25, -0.2) is 4.39 Å². The zero-order chi connectivity index (χ0) is 13.2. The van der Waals surface area contributed by atoms with Crippen LogP contribution in [0, 0.1) is 5.82 Å². The van der Waals surface area contributed by atoms with Gasteiger partial charge in [0.1, 0.15) is 5.82 Å². The van der Waals surface area contributed by atoms with Crippen LogP contribution in [0.2, 0.25) is 5.02 Å². The highest BCUT2D eigenvalue weighted by Gasteiger charge is 2.03. The zero-order valence-corrected chi connectivity index (χ0v) is 10.7. The molecule has 0 radical (unpaired) electrons. The van der Waals surface area contributed by atoms with Gasteiger partial charge in [0.2, 0.25) is 0 Å². The first-order chi connectivity index (χ1) is 9.22. The largest absolute Gasteiger partial charge is 0.355 e. The van der Waals surface area contributed by atoms with Crippen LogP contribution in [0.1, 0.15) is 0 Å². The molecule has 0 atom stereocenters. The van der Waals surface area contributed by atoms with Crippen molar-refractivity contribution >= 4 is 33.9 Å². The molecule has 3 aromatic rings. The maximum Gasteiger partial charge on any atom is 0.124 e. The van der Waals surface area contributed by atoms with Crippen LogP contribution in [0.3, 0.4) is 0 Å². The van der Waals surface area contributed by atoms with Gasteiger partial charge in [-0.15, -0.1) is 0 Å². The van der Waals surface area contributed by atoms with Crippen molar-refractivity contribution in [2.75, 3.05) is 5.32 Å². The van der Waals surface area contributed by atoms with E-state index in [1.165, 1.54) is 12.1 Å². The van der Waals surface area contributed by atoms with Crippen LogP contribution >= 0.6 is 11.6 Å². The van der Waals surface area contributed by atoms with Crippen molar-refractivity contribution < 1.29 is 4.39 Å². The van der Waals surface area contributed by atoms with Crippen LogP contribution in [0.15, 0.2) is 54.7 Å². The van der Waals surface area contributed by atoms with Gasteiger partial charge in [-0.05, 0) is 48.5 Å². The Bertz CT molecular complexity index is 726. The van der Waals surface area contributed by atoms with Crippen molar-refractivity contribution in [2.24, 2.45) is 0 Å². The molecule has 1 N–H and O–H groups in total. The molecule has 94 valence electrons. The van der Waals surface area contributed by atoms with Gasteiger partial charge in [-0.2, -0.15) is 0 Å². The molecule has 0 amide bonds. The van der Waals surface area contributed by atoms with Crippen molar-refractivity contribution in [1.29, 1.82) is 0 Å². The highest BCUT2D eigenvalue weighted by molar-refractivity contribution is 6.30. The Morgan fingerprint density at radius 2 is 1.79 bits per heavy atom. The summed E-state index contributed by atoms with van der Waals surface area (Å²) in [4.78, 5) is 4.21. The lowest BCUT2D eigenvalue weighted by atomic mass is 10.1. The highest BCUT2D eigenvalue weighted by atomic mass is 35.5. The third-order valence-electron chi connectivity index (χ3n) is 2.83. The SMILES string of the molecule is Fc1ccc2nccc(Nc3ccc(Cl)cc3)c2c1. The second kappa shape index (κ2) is 4.86. The molecule has 0 saturated carbocycles. The number of hydrogen-bond donors (Lipinski definition) is 1. The molecule has 2 nitrogen and oxygen atoms in total. The monoisotopic (exact) mass is 272 g/mol. The molecule has 19 heavy (non-hydrogen) atoms. The molecule has 0 bridgehead atoms. The summed E-state index contributed by atoms with van der Waals surface area (Å²) in [6.45, 7) is 0. The molecule has 3 rings (SSSR count). The van der Waals surface area contributed by atoms with E-state index in [-0.39, 0.29) is 5.82 Å². The molecular weight excluding hydrogens is 263 g/mol. The normalized spacial score (nSPS) is 10.6. The minimum Gasteiger partial charge on any atom is -0.355 e. The first-order valence-corrected chi connectivity index (χ1v) is 6.17. The van der Waals surface area contributed by atoms with Crippen molar-refractivity contribution in [3.05, 3.63) is 65.6 Å². The first kappa shape index (κ1) is 11.9. The van der Waals surface area contributed by atoms with Crippen molar-refractivity contribution in [3.63, 3.8) is 0 Å². The summed E-state index contributed by atoms with van der Waals surface area (Å²) < 4.78 is 13.3. The van der Waals surface area contributed by atoms with Crippen LogP contribution in [0.25, 0.3) is 10.9 Å². The van der Waals surface area contributed by atoms with Crippen LogP contribution in [0.4, 0.5) is 15.8 Å². The van der Waals surface area contributed by atoms with E-state index in [0.29, 0.717) is 5.02 Å². The summed E-state index contributed by atoms with van der Waals surface area (Å²) >= 11 is 5.84. The Morgan fingerprint density at radius 1 is 1.00 bits per heavy atom. The first-order valence-electron chi connectivity index (χ1n) is 5.79. The number of anilines is 2. The number of nitrogens with one attached hydrogen (secondary N) is 1. The molecule has 2 aromatic carbocycles. The fourth-order valence-corrected chi connectivity index (χ4v) is 2.04. The summed E-state index contributed by atoms with van der Waals surface area (Å²) in [5.41, 5.74) is 2.45. The van der Waals surface area contributed by atoms with E-state index in [4.69, 9.17) is 11.6 Å². The Kier molecular flexibility index (Phi) is 3.05. The average Bonchev–Trinajstić information content (AvgIpc) is 2.42. The molecule has 0 aliphatic carbocycles. The summed E-state index contributed by atoms with van der Waals surface area (Å²) in [6, 6.07) is 13.7. The molecule has 0 saturated heterocycles. The highest BCUT2D eigenvalue weighted by Crippen LogP contribution is 2.26. The number of nitrogens with zero attached hydrogens (tertiary/aromatic N) is 1. The van der Waals surface area contributed by atoms with E-state index in [2.05, 4.69) is 10.3 Å². The molecule has 1 aromatic heterocycles. The van der Waals surface area contributed by atoms with Crippen LogP contribution < -0.4 is 5.32 Å². The Balaban J connectivity index is 2.05. The number of hydrogen-bond acceptors (Lipinski definition) is 2. The number of fused-ring (bicyclic) bond motifs is 1. The number of rotatable bonds is 2. The third-order valence-corrected chi connectivity index (χ3v) is 3.08. The second-order valence-corrected chi connectivity index (χ2v) is 4.59. The molecule has 0 unspecified atom stereocenters. The minimum atomic E-state index is -0.278. The van der Waals surface area contributed by atoms with Crippen LogP contribution in [0.5, 0.6) is 0 Å². The van der Waals surface area contributed by atoms with Gasteiger partial charge < -0.3 is 5.32 Å². The summed E-state index contributed by atoms with van der Waals surface area (Å²) in [7, 11) is 0. The van der Waals surface area contributed by atoms with E-state index >= 15 is 0 Å². The maximum atomic E-state index is 13.3. The summed E-state index contributed by atoms with van der Waals surface area (Å²) in [5.74, 6) is -0.278. The molecular formula is C15H10ClFN2. The lowest BCUT2D eigenvalue weighted by Crippen LogP contribution is -1.92. The van der Waals surface area contributed by atoms with Crippen molar-refractivity contribution in [3.8, 4) is 0 Å². The Hall–Kier alpha value is -2.13. The Morgan fingerprint density at radius 3 is 2.58 bits per heavy atom. The minimum absolute atomic E-state index is 0.278. The van der Waals surface area contributed by atoms with Gasteiger partial charge in [-0.3, -0.25) is 4.98 Å². The van der Waals surface area contributed by atoms with Crippen molar-refractivity contribution in [2.45, 2.75) is 0 Å². The quantitative estimate of drug-likeness (QED) is 0.727. The summed E-state index contributed by atoms with van der Waals surface area (Å²) in [5, 5.41) is 4.66. The van der Waals surface area contributed by atoms with E-state index in [9.17, 15) is 4.39 Å². The van der Waals surface area contributed by atoms with Gasteiger partial charge in [0, 0.05) is 28.0 Å². The molecule has 1 heterocycles. The van der Waals surface area contributed by atoms with Crippen LogP contribution in [-0.4, -0.2) is 4.98 Å². The smallest absolute Gasteiger partial charge is 0.124 e. The van der Waals surface area contributed by atoms with E-state index in [1.807, 2.05) is 18.2 Å². The number of aromatic nitrogens is 1. The maximum absolute atomic E-state index is 13.3. The van der Waals surface area contributed by atoms with Gasteiger partial charge in [0.25, 0.3) is 0 Å². The Labute approximate surface area is 114 Å². The lowest BCUT2D eigenvalue weighted by Gasteiger charge is -2.09. The fraction of sp³-hybridized carbons (Fsp3) is 0. The van der Waals surface area contributed by atoms with Crippen molar-refractivity contribution in [1.82, 2.24) is 4.98 Å². The number of halogens is 2. The zero-order valence-electron chi connectivity index (χ0n) is 9.90. The predicted molar refractivity (Wildman–Crippen MR) is 76.4 cm³/mol. The van der Waals surface area contributed by atoms with E-state index in [1.54, 1.807) is 24.4 Å². The molecule has 0 aliphatic rings. The number of benzene rings is 2. The lowest BCUT2D eigenvalue weighted by molar-refractivity contribution is 0.629. The van der Waals surface area contributed by atoms with Gasteiger partial charge >= 0.3 is 0 Å². The van der Waals surface area contributed by atoms with E-state index < -0.39 is 0 Å².